The highest BCUT2D eigenvalue weighted by Crippen LogP contribution is 2.29. The zero-order valence-electron chi connectivity index (χ0n) is 9.49. The molecule has 4 heteroatoms. The molecule has 2 heterocycles. The number of hydrogen-bond donors (Lipinski definition) is 0. The second-order valence-electron chi connectivity index (χ2n) is 4.71. The maximum atomic E-state index is 6.00. The van der Waals surface area contributed by atoms with Gasteiger partial charge in [-0.05, 0) is 25.7 Å². The molecule has 1 aliphatic rings. The number of aryl methyl sites for hydroxylation is 1. The second kappa shape index (κ2) is 3.81. The van der Waals surface area contributed by atoms with Gasteiger partial charge in [-0.2, -0.15) is 5.10 Å². The lowest BCUT2D eigenvalue weighted by Crippen LogP contribution is -2.17. The molecule has 3 rings (SSSR count). The summed E-state index contributed by atoms with van der Waals surface area (Å²) in [5.74, 6) is 1.40. The van der Waals surface area contributed by atoms with E-state index in [1.54, 1.807) is 0 Å². The molecule has 3 nitrogen and oxygen atoms in total. The fraction of sp³-hybridized carbons (Fsp3) is 0.583. The number of aromatic nitrogens is 3. The predicted octanol–water partition coefficient (Wildman–Crippen LogP) is 2.98. The lowest BCUT2D eigenvalue weighted by Gasteiger charge is -2.25. The molecule has 1 fully saturated rings. The van der Waals surface area contributed by atoms with Gasteiger partial charge in [0.25, 0.3) is 0 Å². The van der Waals surface area contributed by atoms with Crippen molar-refractivity contribution in [3.05, 3.63) is 23.7 Å². The SMILES string of the molecule is Cc1nn2ccn(CC3CCC3)c2c1CCl. The summed E-state index contributed by atoms with van der Waals surface area (Å²) in [6.45, 7) is 3.14. The van der Waals surface area contributed by atoms with Crippen LogP contribution in [0.4, 0.5) is 0 Å². The van der Waals surface area contributed by atoms with Crippen molar-refractivity contribution < 1.29 is 0 Å². The summed E-state index contributed by atoms with van der Waals surface area (Å²) in [5, 5.41) is 4.47. The molecular weight excluding hydrogens is 222 g/mol. The van der Waals surface area contributed by atoms with Crippen LogP contribution in [-0.2, 0) is 12.4 Å². The largest absolute Gasteiger partial charge is 0.331 e. The van der Waals surface area contributed by atoms with Crippen LogP contribution < -0.4 is 0 Å². The van der Waals surface area contributed by atoms with E-state index in [1.807, 2.05) is 17.6 Å². The van der Waals surface area contributed by atoms with Crippen molar-refractivity contribution in [3.8, 4) is 0 Å². The molecule has 0 aliphatic heterocycles. The number of rotatable bonds is 3. The summed E-state index contributed by atoms with van der Waals surface area (Å²) < 4.78 is 4.26. The average molecular weight is 238 g/mol. The normalized spacial score (nSPS) is 16.9. The van der Waals surface area contributed by atoms with Crippen LogP contribution in [0.5, 0.6) is 0 Å². The molecule has 0 atom stereocenters. The zero-order chi connectivity index (χ0) is 11.1. The van der Waals surface area contributed by atoms with E-state index in [9.17, 15) is 0 Å². The van der Waals surface area contributed by atoms with Crippen molar-refractivity contribution in [3.63, 3.8) is 0 Å². The number of alkyl halides is 1. The van der Waals surface area contributed by atoms with E-state index in [1.165, 1.54) is 30.5 Å². The molecule has 0 spiro atoms. The Balaban J connectivity index is 2.02. The van der Waals surface area contributed by atoms with Crippen LogP contribution in [0.15, 0.2) is 12.4 Å². The average Bonchev–Trinajstić information content (AvgIpc) is 2.70. The molecule has 1 saturated carbocycles. The molecule has 0 unspecified atom stereocenters. The molecule has 1 aliphatic carbocycles. The zero-order valence-corrected chi connectivity index (χ0v) is 10.2. The van der Waals surface area contributed by atoms with E-state index in [4.69, 9.17) is 11.6 Å². The predicted molar refractivity (Wildman–Crippen MR) is 64.8 cm³/mol. The Bertz CT molecular complexity index is 508. The van der Waals surface area contributed by atoms with E-state index in [0.717, 1.165) is 18.2 Å². The molecule has 2 aromatic rings. The van der Waals surface area contributed by atoms with Crippen LogP contribution in [0.25, 0.3) is 5.65 Å². The van der Waals surface area contributed by atoms with Crippen LogP contribution in [0.3, 0.4) is 0 Å². The van der Waals surface area contributed by atoms with E-state index in [-0.39, 0.29) is 0 Å². The van der Waals surface area contributed by atoms with Crippen LogP contribution in [0.2, 0.25) is 0 Å². The van der Waals surface area contributed by atoms with Gasteiger partial charge >= 0.3 is 0 Å². The molecule has 0 N–H and O–H groups in total. The Hall–Kier alpha value is -0.960. The summed E-state index contributed by atoms with van der Waals surface area (Å²) in [5.41, 5.74) is 3.40. The third-order valence-electron chi connectivity index (χ3n) is 3.65. The Morgan fingerprint density at radius 1 is 1.44 bits per heavy atom. The molecule has 0 radical (unpaired) electrons. The number of hydrogen-bond acceptors (Lipinski definition) is 1. The highest BCUT2D eigenvalue weighted by atomic mass is 35.5. The van der Waals surface area contributed by atoms with Gasteiger partial charge in [0, 0.05) is 24.5 Å². The summed E-state index contributed by atoms with van der Waals surface area (Å²) in [4.78, 5) is 0. The Labute approximate surface area is 100 Å². The van der Waals surface area contributed by atoms with Gasteiger partial charge in [-0.3, -0.25) is 0 Å². The van der Waals surface area contributed by atoms with Gasteiger partial charge in [-0.1, -0.05) is 6.42 Å². The number of nitrogens with zero attached hydrogens (tertiary/aromatic N) is 3. The third-order valence-corrected chi connectivity index (χ3v) is 3.92. The van der Waals surface area contributed by atoms with Gasteiger partial charge in [0.15, 0.2) is 0 Å². The quantitative estimate of drug-likeness (QED) is 0.753. The maximum Gasteiger partial charge on any atom is 0.140 e. The summed E-state index contributed by atoms with van der Waals surface area (Å²) in [7, 11) is 0. The van der Waals surface area contributed by atoms with Crippen LogP contribution in [-0.4, -0.2) is 14.2 Å². The standard InChI is InChI=1S/C12H16ClN3/c1-9-11(7-13)12-15(5-6-16(12)14-9)8-10-3-2-4-10/h5-6,10H,2-4,7-8H2,1H3. The second-order valence-corrected chi connectivity index (χ2v) is 4.98. The van der Waals surface area contributed by atoms with Crippen LogP contribution in [0.1, 0.15) is 30.5 Å². The molecule has 2 aromatic heterocycles. The van der Waals surface area contributed by atoms with E-state index in [2.05, 4.69) is 15.9 Å². The number of fused-ring (bicyclic) bond motifs is 1. The van der Waals surface area contributed by atoms with Gasteiger partial charge in [-0.15, -0.1) is 11.6 Å². The summed E-state index contributed by atoms with van der Waals surface area (Å²) in [6, 6.07) is 0. The molecular formula is C12H16ClN3. The van der Waals surface area contributed by atoms with Crippen molar-refractivity contribution >= 4 is 17.2 Å². The van der Waals surface area contributed by atoms with Gasteiger partial charge < -0.3 is 4.57 Å². The highest BCUT2D eigenvalue weighted by molar-refractivity contribution is 6.17. The first kappa shape index (κ1) is 10.2. The Morgan fingerprint density at radius 3 is 2.88 bits per heavy atom. The molecule has 86 valence electrons. The van der Waals surface area contributed by atoms with Gasteiger partial charge in [0.2, 0.25) is 0 Å². The van der Waals surface area contributed by atoms with Gasteiger partial charge in [0.1, 0.15) is 5.65 Å². The van der Waals surface area contributed by atoms with Gasteiger partial charge in [0.05, 0.1) is 11.6 Å². The molecule has 0 bridgehead atoms. The highest BCUT2D eigenvalue weighted by Gasteiger charge is 2.20. The van der Waals surface area contributed by atoms with Crippen molar-refractivity contribution in [2.24, 2.45) is 5.92 Å². The smallest absolute Gasteiger partial charge is 0.140 e. The lowest BCUT2D eigenvalue weighted by atomic mass is 9.85. The van der Waals surface area contributed by atoms with Crippen LogP contribution in [0, 0.1) is 12.8 Å². The summed E-state index contributed by atoms with van der Waals surface area (Å²) in [6.07, 6.45) is 8.28. The number of halogens is 1. The lowest BCUT2D eigenvalue weighted by molar-refractivity contribution is 0.279. The minimum atomic E-state index is 0.546. The molecule has 16 heavy (non-hydrogen) atoms. The number of imidazole rings is 1. The van der Waals surface area contributed by atoms with Gasteiger partial charge in [-0.25, -0.2) is 4.52 Å². The Morgan fingerprint density at radius 2 is 2.25 bits per heavy atom. The van der Waals surface area contributed by atoms with E-state index in [0.29, 0.717) is 5.88 Å². The maximum absolute atomic E-state index is 6.00. The minimum absolute atomic E-state index is 0.546. The van der Waals surface area contributed by atoms with Crippen LogP contribution >= 0.6 is 11.6 Å². The summed E-state index contributed by atoms with van der Waals surface area (Å²) >= 11 is 6.00. The Kier molecular flexibility index (Phi) is 2.43. The first-order valence-corrected chi connectivity index (χ1v) is 6.42. The van der Waals surface area contributed by atoms with Crippen molar-refractivity contribution in [1.29, 1.82) is 0 Å². The molecule has 0 saturated heterocycles. The van der Waals surface area contributed by atoms with Crippen molar-refractivity contribution in [2.75, 3.05) is 0 Å². The topological polar surface area (TPSA) is 22.2 Å². The van der Waals surface area contributed by atoms with E-state index >= 15 is 0 Å². The first-order valence-electron chi connectivity index (χ1n) is 5.88. The van der Waals surface area contributed by atoms with Crippen molar-refractivity contribution in [2.45, 2.75) is 38.6 Å². The fourth-order valence-electron chi connectivity index (χ4n) is 2.45. The minimum Gasteiger partial charge on any atom is -0.331 e. The molecule has 0 aromatic carbocycles. The monoisotopic (exact) mass is 237 g/mol. The first-order chi connectivity index (χ1) is 7.79. The van der Waals surface area contributed by atoms with Crippen molar-refractivity contribution in [1.82, 2.24) is 14.2 Å². The molecule has 0 amide bonds. The fourth-order valence-corrected chi connectivity index (χ4v) is 2.76. The van der Waals surface area contributed by atoms with E-state index < -0.39 is 0 Å². The third kappa shape index (κ3) is 1.46.